The average molecular weight is 476 g/mol. The van der Waals surface area contributed by atoms with Gasteiger partial charge in [-0.25, -0.2) is 10.6 Å². The smallest absolute Gasteiger partial charge is 0.315 e. The Kier molecular flexibility index (Phi) is 17.1. The van der Waals surface area contributed by atoms with Crippen LogP contribution in [0.4, 0.5) is 4.79 Å². The Balaban J connectivity index is 1.75. The van der Waals surface area contributed by atoms with Gasteiger partial charge in [-0.2, -0.15) is 0 Å². The minimum absolute atomic E-state index is 0.0304. The minimum atomic E-state index is -0.263. The highest BCUT2D eigenvalue weighted by atomic mass is 16.6. The predicted octanol–water partition coefficient (Wildman–Crippen LogP) is -0.431. The molecule has 1 aliphatic rings. The van der Waals surface area contributed by atoms with Gasteiger partial charge in [-0.3, -0.25) is 15.0 Å². The first kappa shape index (κ1) is 29.0. The van der Waals surface area contributed by atoms with Crippen molar-refractivity contribution >= 4 is 17.8 Å². The van der Waals surface area contributed by atoms with Gasteiger partial charge in [0.15, 0.2) is 0 Å². The molecule has 0 aromatic rings. The van der Waals surface area contributed by atoms with Crippen LogP contribution in [0.1, 0.15) is 45.4 Å². The summed E-state index contributed by atoms with van der Waals surface area (Å²) in [6, 6.07) is 0.249. The number of urea groups is 1. The molecule has 0 aromatic carbocycles. The van der Waals surface area contributed by atoms with Crippen LogP contribution in [0.15, 0.2) is 0 Å². The van der Waals surface area contributed by atoms with Gasteiger partial charge in [-0.15, -0.1) is 0 Å². The van der Waals surface area contributed by atoms with E-state index >= 15 is 0 Å². The lowest BCUT2D eigenvalue weighted by Gasteiger charge is -2.13. The lowest BCUT2D eigenvalue weighted by atomic mass is 10.0. The first-order chi connectivity index (χ1) is 16.0. The van der Waals surface area contributed by atoms with Gasteiger partial charge in [-0.1, -0.05) is 12.8 Å². The van der Waals surface area contributed by atoms with Crippen LogP contribution in [0, 0.1) is 0 Å². The van der Waals surface area contributed by atoms with Crippen LogP contribution < -0.4 is 27.2 Å². The van der Waals surface area contributed by atoms with Gasteiger partial charge in [0.05, 0.1) is 65.3 Å². The van der Waals surface area contributed by atoms with Gasteiger partial charge in [-0.05, 0) is 19.8 Å². The number of amides is 4. The van der Waals surface area contributed by atoms with Crippen molar-refractivity contribution in [2.75, 3.05) is 59.4 Å². The van der Waals surface area contributed by atoms with Crippen LogP contribution in [0.2, 0.25) is 0 Å². The molecule has 192 valence electrons. The second kappa shape index (κ2) is 19.5. The van der Waals surface area contributed by atoms with Crippen molar-refractivity contribution in [1.29, 1.82) is 0 Å². The lowest BCUT2D eigenvalue weighted by molar-refractivity contribution is -0.122. The molecule has 0 aliphatic carbocycles. The molecule has 1 fully saturated rings. The second-order valence-corrected chi connectivity index (χ2v) is 7.73. The molecule has 0 saturated carbocycles. The number of hydrogen-bond donors (Lipinski definition) is 5. The number of carbonyl (C=O) groups excluding carboxylic acids is 3. The van der Waals surface area contributed by atoms with Gasteiger partial charge >= 0.3 is 6.03 Å². The topological polar surface area (TPSA) is 162 Å². The normalized spacial score (nSPS) is 17.5. The maximum absolute atomic E-state index is 11.8. The van der Waals surface area contributed by atoms with E-state index in [9.17, 15) is 14.4 Å². The zero-order valence-corrected chi connectivity index (χ0v) is 19.7. The summed E-state index contributed by atoms with van der Waals surface area (Å²) in [5, 5.41) is 8.58. The Hall–Kier alpha value is -1.99. The van der Waals surface area contributed by atoms with Crippen molar-refractivity contribution in [3.8, 4) is 0 Å². The summed E-state index contributed by atoms with van der Waals surface area (Å²) >= 11 is 0. The monoisotopic (exact) mass is 475 g/mol. The second-order valence-electron chi connectivity index (χ2n) is 7.73. The molecular formula is C21H41N5O7. The number of nitrogens with one attached hydrogen (secondary N) is 4. The van der Waals surface area contributed by atoms with E-state index < -0.39 is 0 Å². The number of unbranched alkanes of at least 4 members (excludes halogenated alkanes) is 2. The first-order valence-electron chi connectivity index (χ1n) is 11.7. The lowest BCUT2D eigenvalue weighted by Crippen LogP contribution is -2.30. The molecular weight excluding hydrogens is 434 g/mol. The summed E-state index contributed by atoms with van der Waals surface area (Å²) in [5.41, 5.74) is 2.03. The highest BCUT2D eigenvalue weighted by Crippen LogP contribution is 2.11. The molecule has 33 heavy (non-hydrogen) atoms. The Morgan fingerprint density at radius 1 is 0.818 bits per heavy atom. The van der Waals surface area contributed by atoms with Crippen LogP contribution in [0.3, 0.4) is 0 Å². The van der Waals surface area contributed by atoms with E-state index in [0.717, 1.165) is 25.7 Å². The number of hydrazine groups is 1. The molecule has 6 N–H and O–H groups in total. The van der Waals surface area contributed by atoms with Crippen molar-refractivity contribution in [3.63, 3.8) is 0 Å². The van der Waals surface area contributed by atoms with Crippen molar-refractivity contribution in [3.05, 3.63) is 0 Å². The van der Waals surface area contributed by atoms with E-state index in [2.05, 4.69) is 16.0 Å². The molecule has 0 radical (unpaired) electrons. The number of hydrogen-bond acceptors (Lipinski definition) is 8. The summed E-state index contributed by atoms with van der Waals surface area (Å²) in [5.74, 6) is 4.72. The third-order valence-corrected chi connectivity index (χ3v) is 5.02. The van der Waals surface area contributed by atoms with E-state index in [4.69, 9.17) is 24.8 Å². The van der Waals surface area contributed by atoms with E-state index in [1.54, 1.807) is 0 Å². The fourth-order valence-electron chi connectivity index (χ4n) is 3.14. The van der Waals surface area contributed by atoms with Crippen LogP contribution in [-0.2, 0) is 28.5 Å². The highest BCUT2D eigenvalue weighted by Gasteiger charge is 2.26. The van der Waals surface area contributed by atoms with Crippen molar-refractivity contribution in [2.24, 2.45) is 5.84 Å². The number of nitrogens with two attached hydrogens (primary N) is 1. The molecule has 1 aliphatic heterocycles. The first-order valence-corrected chi connectivity index (χ1v) is 11.7. The molecule has 12 nitrogen and oxygen atoms in total. The van der Waals surface area contributed by atoms with E-state index in [0.29, 0.717) is 65.8 Å². The van der Waals surface area contributed by atoms with Gasteiger partial charge in [0.25, 0.3) is 0 Å². The van der Waals surface area contributed by atoms with Crippen LogP contribution in [0.25, 0.3) is 0 Å². The number of ether oxygens (including phenoxy) is 4. The third-order valence-electron chi connectivity index (χ3n) is 5.02. The molecule has 0 aromatic heterocycles. The summed E-state index contributed by atoms with van der Waals surface area (Å²) in [6.45, 7) is 5.87. The van der Waals surface area contributed by atoms with Gasteiger partial charge in [0.2, 0.25) is 11.8 Å². The zero-order valence-electron chi connectivity index (χ0n) is 19.7. The maximum atomic E-state index is 11.8. The largest absolute Gasteiger partial charge is 0.379 e. The maximum Gasteiger partial charge on any atom is 0.315 e. The van der Waals surface area contributed by atoms with Crippen molar-refractivity contribution in [2.45, 2.75) is 57.5 Å². The summed E-state index contributed by atoms with van der Waals surface area (Å²) in [7, 11) is 0. The fraction of sp³-hybridized carbons (Fsp3) is 0.857. The fourth-order valence-corrected chi connectivity index (χ4v) is 3.14. The van der Waals surface area contributed by atoms with Crippen molar-refractivity contribution in [1.82, 2.24) is 21.4 Å². The molecule has 1 rings (SSSR count). The highest BCUT2D eigenvalue weighted by molar-refractivity contribution is 5.77. The Morgan fingerprint density at radius 2 is 1.42 bits per heavy atom. The molecule has 0 bridgehead atoms. The molecule has 2 unspecified atom stereocenters. The number of rotatable bonds is 21. The van der Waals surface area contributed by atoms with Crippen LogP contribution >= 0.6 is 0 Å². The number of carbonyl (C=O) groups is 3. The van der Waals surface area contributed by atoms with E-state index in [1.165, 1.54) is 0 Å². The van der Waals surface area contributed by atoms with Crippen LogP contribution in [-0.4, -0.2) is 89.3 Å². The summed E-state index contributed by atoms with van der Waals surface area (Å²) < 4.78 is 21.4. The Morgan fingerprint density at radius 3 is 2.00 bits per heavy atom. The summed E-state index contributed by atoms with van der Waals surface area (Å²) in [4.78, 5) is 33.9. The molecule has 1 heterocycles. The van der Waals surface area contributed by atoms with Gasteiger partial charge in [0.1, 0.15) is 0 Å². The van der Waals surface area contributed by atoms with Crippen LogP contribution in [0.5, 0.6) is 0 Å². The SMILES string of the molecule is CC1NC(=O)NC1CCCCCC(=O)NCCOCCOCCOCCOCCC(=O)NN. The predicted molar refractivity (Wildman–Crippen MR) is 121 cm³/mol. The molecule has 1 saturated heterocycles. The average Bonchev–Trinajstić information content (AvgIpc) is 3.12. The van der Waals surface area contributed by atoms with Crippen molar-refractivity contribution < 1.29 is 33.3 Å². The molecule has 4 amide bonds. The zero-order chi connectivity index (χ0) is 24.2. The third kappa shape index (κ3) is 16.3. The minimum Gasteiger partial charge on any atom is -0.379 e. The molecule has 12 heteroatoms. The van der Waals surface area contributed by atoms with E-state index in [-0.39, 0.29) is 36.3 Å². The van der Waals surface area contributed by atoms with Gasteiger partial charge < -0.3 is 34.9 Å². The Labute approximate surface area is 195 Å². The summed E-state index contributed by atoms with van der Waals surface area (Å²) in [6.07, 6.45) is 4.44. The Bertz CT molecular complexity index is 553. The molecule has 0 spiro atoms. The molecule has 2 atom stereocenters. The van der Waals surface area contributed by atoms with Gasteiger partial charge in [0, 0.05) is 19.0 Å². The standard InChI is InChI=1S/C21H41N5O7/c1-17-18(25-21(29)24-17)5-3-2-4-6-19(27)23-8-10-31-12-14-33-16-15-32-13-11-30-9-7-20(28)26-22/h17-18H,2-16,22H2,1H3,(H,23,27)(H,26,28)(H2,24,25,29). The quantitative estimate of drug-likeness (QED) is 0.0646. The van der Waals surface area contributed by atoms with E-state index in [1.807, 2.05) is 12.3 Å².